The molecule has 0 bridgehead atoms. The van der Waals surface area contributed by atoms with Crippen LogP contribution in [0.3, 0.4) is 0 Å². The summed E-state index contributed by atoms with van der Waals surface area (Å²) >= 11 is 0. The van der Waals surface area contributed by atoms with E-state index in [0.29, 0.717) is 16.7 Å². The first-order valence-electron chi connectivity index (χ1n) is 14.1. The third kappa shape index (κ3) is 5.09. The van der Waals surface area contributed by atoms with Crippen molar-refractivity contribution in [1.82, 2.24) is 10.3 Å². The van der Waals surface area contributed by atoms with Gasteiger partial charge in [-0.05, 0) is 91.6 Å². The van der Waals surface area contributed by atoms with Crippen molar-refractivity contribution in [3.8, 4) is 34.3 Å². The molecule has 1 N–H and O–H groups in total. The Kier molecular flexibility index (Phi) is 7.43. The molecule has 9 heteroatoms. The Morgan fingerprint density at radius 3 is 2.50 bits per heavy atom. The van der Waals surface area contributed by atoms with E-state index < -0.39 is 17.5 Å². The molecule has 0 radical (unpaired) electrons. The van der Waals surface area contributed by atoms with E-state index in [2.05, 4.69) is 10.3 Å². The Morgan fingerprint density at radius 1 is 1.07 bits per heavy atom. The third-order valence-corrected chi connectivity index (χ3v) is 8.12. The van der Waals surface area contributed by atoms with Crippen molar-refractivity contribution in [2.75, 3.05) is 13.7 Å². The largest absolute Gasteiger partial charge is 0.478 e. The number of Topliss-reactive ketones (excluding diaryl/α,β-unsaturated/α-hetero) is 1. The van der Waals surface area contributed by atoms with Crippen LogP contribution in [0, 0.1) is 29.9 Å². The van der Waals surface area contributed by atoms with Crippen molar-refractivity contribution in [3.63, 3.8) is 0 Å². The number of benzene rings is 3. The average molecular weight is 592 g/mol. The van der Waals surface area contributed by atoms with E-state index in [0.717, 1.165) is 18.5 Å². The Morgan fingerprint density at radius 2 is 1.84 bits per heavy atom. The number of halogens is 2. The lowest BCUT2D eigenvalue weighted by atomic mass is 9.89. The maximum Gasteiger partial charge on any atom is 0.255 e. The molecule has 1 saturated carbocycles. The molecule has 3 aromatic carbocycles. The second-order valence-electron chi connectivity index (χ2n) is 10.9. The molecule has 44 heavy (non-hydrogen) atoms. The molecule has 0 unspecified atom stereocenters. The lowest BCUT2D eigenvalue weighted by Gasteiger charge is -2.18. The molecule has 220 valence electrons. The molecule has 1 fully saturated rings. The van der Waals surface area contributed by atoms with Gasteiger partial charge in [0.15, 0.2) is 12.4 Å². The first kappa shape index (κ1) is 28.7. The van der Waals surface area contributed by atoms with Gasteiger partial charge in [-0.25, -0.2) is 8.78 Å². The second-order valence-corrected chi connectivity index (χ2v) is 10.9. The highest BCUT2D eigenvalue weighted by molar-refractivity contribution is 6.12. The quantitative estimate of drug-likeness (QED) is 0.180. The monoisotopic (exact) mass is 591 g/mol. The van der Waals surface area contributed by atoms with E-state index in [1.165, 1.54) is 37.4 Å². The van der Waals surface area contributed by atoms with Gasteiger partial charge in [-0.15, -0.1) is 0 Å². The van der Waals surface area contributed by atoms with Crippen molar-refractivity contribution >= 4 is 22.7 Å². The Hall–Kier alpha value is -5.36. The van der Waals surface area contributed by atoms with E-state index in [1.54, 1.807) is 31.3 Å². The number of furan rings is 1. The molecule has 0 atom stereocenters. The molecule has 1 amide bonds. The number of nitrogens with one attached hydrogen (secondary N) is 1. The van der Waals surface area contributed by atoms with Gasteiger partial charge in [-0.2, -0.15) is 5.26 Å². The SMILES string of the molecule is CNC(=O)c1c(-c2ccc(F)cc2)oc2ccc(-c3cc(C(=O)CC4(c5ccccn5)CC4)c(OCC#N)cc3C)c(F)c12. The van der Waals surface area contributed by atoms with Crippen LogP contribution in [0.4, 0.5) is 8.78 Å². The van der Waals surface area contributed by atoms with Gasteiger partial charge >= 0.3 is 0 Å². The minimum absolute atomic E-state index is 0.0255. The topological polar surface area (TPSA) is 105 Å². The van der Waals surface area contributed by atoms with Crippen LogP contribution in [-0.4, -0.2) is 30.3 Å². The minimum atomic E-state index is -0.711. The number of ketones is 1. The molecule has 5 aromatic rings. The number of ether oxygens (including phenoxy) is 1. The number of carbonyl (C=O) groups excluding carboxylic acids is 2. The predicted molar refractivity (Wildman–Crippen MR) is 160 cm³/mol. The molecule has 0 saturated heterocycles. The number of rotatable bonds is 9. The number of fused-ring (bicyclic) bond motifs is 1. The summed E-state index contributed by atoms with van der Waals surface area (Å²) in [5, 5.41) is 11.7. The molecule has 2 aromatic heterocycles. The summed E-state index contributed by atoms with van der Waals surface area (Å²) in [5.41, 5.74) is 2.39. The van der Waals surface area contributed by atoms with Crippen molar-refractivity contribution in [1.29, 1.82) is 5.26 Å². The second kappa shape index (κ2) is 11.4. The summed E-state index contributed by atoms with van der Waals surface area (Å²) in [5.74, 6) is -1.61. The van der Waals surface area contributed by atoms with Gasteiger partial charge in [0.25, 0.3) is 5.91 Å². The summed E-state index contributed by atoms with van der Waals surface area (Å²) in [4.78, 5) is 31.4. The summed E-state index contributed by atoms with van der Waals surface area (Å²) < 4.78 is 41.8. The van der Waals surface area contributed by atoms with E-state index in [-0.39, 0.29) is 63.4 Å². The average Bonchev–Trinajstić information content (AvgIpc) is 3.71. The smallest absolute Gasteiger partial charge is 0.255 e. The normalized spacial score (nSPS) is 13.3. The van der Waals surface area contributed by atoms with Crippen LogP contribution in [0.5, 0.6) is 5.75 Å². The van der Waals surface area contributed by atoms with Crippen molar-refractivity contribution < 1.29 is 27.5 Å². The highest BCUT2D eigenvalue weighted by Crippen LogP contribution is 2.51. The van der Waals surface area contributed by atoms with Gasteiger partial charge < -0.3 is 14.5 Å². The first-order chi connectivity index (χ1) is 21.3. The van der Waals surface area contributed by atoms with Gasteiger partial charge in [0.05, 0.1) is 16.5 Å². The van der Waals surface area contributed by atoms with Crippen LogP contribution in [0.2, 0.25) is 0 Å². The number of nitrogens with zero attached hydrogens (tertiary/aromatic N) is 2. The number of amides is 1. The number of carbonyl (C=O) groups is 2. The maximum absolute atomic E-state index is 16.6. The Bertz CT molecular complexity index is 1960. The lowest BCUT2D eigenvalue weighted by Crippen LogP contribution is -2.18. The van der Waals surface area contributed by atoms with E-state index in [1.807, 2.05) is 24.3 Å². The molecule has 1 aliphatic carbocycles. The summed E-state index contributed by atoms with van der Waals surface area (Å²) in [6.45, 7) is 1.49. The van der Waals surface area contributed by atoms with Gasteiger partial charge in [-0.1, -0.05) is 6.07 Å². The molecular weight excluding hydrogens is 564 g/mol. The fourth-order valence-corrected chi connectivity index (χ4v) is 5.68. The Balaban J connectivity index is 1.48. The summed E-state index contributed by atoms with van der Waals surface area (Å²) in [6.07, 6.45) is 3.51. The van der Waals surface area contributed by atoms with Crippen molar-refractivity contribution in [2.45, 2.75) is 31.6 Å². The van der Waals surface area contributed by atoms with Gasteiger partial charge in [0, 0.05) is 41.9 Å². The van der Waals surface area contributed by atoms with Gasteiger partial charge in [0.2, 0.25) is 0 Å². The zero-order valence-electron chi connectivity index (χ0n) is 24.0. The van der Waals surface area contributed by atoms with E-state index in [4.69, 9.17) is 14.4 Å². The standard InChI is InChI=1S/C35H27F2N3O4/c1-20-17-28(43-16-14-38)25(26(41)19-35(12-13-35)29-5-3-4-15-40-29)18-24(20)23-10-11-27-30(32(23)37)31(34(42)39-2)33(44-27)21-6-8-22(36)9-7-21/h3-11,15,17-18H,12-13,16,19H2,1-2H3,(H,39,42). The van der Waals surface area contributed by atoms with Crippen LogP contribution >= 0.6 is 0 Å². The number of nitriles is 1. The fraction of sp³-hybridized carbons (Fsp3) is 0.200. The van der Waals surface area contributed by atoms with Crippen LogP contribution in [0.25, 0.3) is 33.4 Å². The number of pyridine rings is 1. The highest BCUT2D eigenvalue weighted by atomic mass is 19.1. The summed E-state index contributed by atoms with van der Waals surface area (Å²) in [7, 11) is 1.43. The zero-order valence-corrected chi connectivity index (χ0v) is 24.0. The lowest BCUT2D eigenvalue weighted by molar-refractivity contribution is 0.0956. The molecule has 2 heterocycles. The van der Waals surface area contributed by atoms with Gasteiger partial charge in [0.1, 0.15) is 34.8 Å². The predicted octanol–water partition coefficient (Wildman–Crippen LogP) is 7.32. The maximum atomic E-state index is 16.6. The number of hydrogen-bond donors (Lipinski definition) is 1. The first-order valence-corrected chi connectivity index (χ1v) is 14.1. The van der Waals surface area contributed by atoms with Crippen LogP contribution in [0.15, 0.2) is 77.3 Å². The number of aryl methyl sites for hydroxylation is 1. The van der Waals surface area contributed by atoms with Crippen molar-refractivity contribution in [2.24, 2.45) is 0 Å². The Labute approximate surface area is 252 Å². The highest BCUT2D eigenvalue weighted by Gasteiger charge is 2.47. The molecule has 1 aliphatic rings. The number of hydrogen-bond acceptors (Lipinski definition) is 6. The summed E-state index contributed by atoms with van der Waals surface area (Å²) in [6, 6.07) is 19.2. The van der Waals surface area contributed by atoms with Crippen LogP contribution in [0.1, 0.15) is 51.2 Å². The molecule has 0 spiro atoms. The van der Waals surface area contributed by atoms with Crippen LogP contribution < -0.4 is 10.1 Å². The number of aromatic nitrogens is 1. The van der Waals surface area contributed by atoms with Crippen molar-refractivity contribution in [3.05, 3.63) is 107 Å². The fourth-order valence-electron chi connectivity index (χ4n) is 5.68. The minimum Gasteiger partial charge on any atom is -0.478 e. The zero-order chi connectivity index (χ0) is 31.0. The molecule has 6 rings (SSSR count). The molecule has 0 aliphatic heterocycles. The molecular formula is C35H27F2N3O4. The van der Waals surface area contributed by atoms with Gasteiger partial charge in [-0.3, -0.25) is 14.6 Å². The van der Waals surface area contributed by atoms with E-state index in [9.17, 15) is 14.0 Å². The molecule has 7 nitrogen and oxygen atoms in total. The van der Waals surface area contributed by atoms with E-state index >= 15 is 4.39 Å². The van der Waals surface area contributed by atoms with Crippen LogP contribution in [-0.2, 0) is 5.41 Å². The third-order valence-electron chi connectivity index (χ3n) is 8.12.